The molecule has 1 aliphatic heterocycles. The van der Waals surface area contributed by atoms with Crippen molar-refractivity contribution in [1.82, 2.24) is 9.97 Å². The van der Waals surface area contributed by atoms with Crippen LogP contribution >= 0.6 is 11.6 Å². The predicted octanol–water partition coefficient (Wildman–Crippen LogP) is 1.69. The van der Waals surface area contributed by atoms with Gasteiger partial charge in [-0.25, -0.2) is 9.97 Å². The Labute approximate surface area is 101 Å². The summed E-state index contributed by atoms with van der Waals surface area (Å²) < 4.78 is 0. The molecular weight excluding hydrogens is 224 g/mol. The number of hydrogen-bond acceptors (Lipinski definition) is 4. The lowest BCUT2D eigenvalue weighted by Crippen LogP contribution is -2.47. The second-order valence-electron chi connectivity index (χ2n) is 4.27. The number of aromatic nitrogens is 2. The van der Waals surface area contributed by atoms with Crippen molar-refractivity contribution in [3.05, 3.63) is 17.4 Å². The third kappa shape index (κ3) is 2.44. The molecule has 0 amide bonds. The predicted molar refractivity (Wildman–Crippen MR) is 65.6 cm³/mol. The third-order valence-electron chi connectivity index (χ3n) is 3.21. The van der Waals surface area contributed by atoms with Crippen molar-refractivity contribution < 1.29 is 0 Å². The van der Waals surface area contributed by atoms with Gasteiger partial charge in [-0.1, -0.05) is 24.9 Å². The quantitative estimate of drug-likeness (QED) is 0.855. The second-order valence-corrected chi connectivity index (χ2v) is 4.70. The molecule has 2 heterocycles. The van der Waals surface area contributed by atoms with E-state index in [4.69, 9.17) is 17.3 Å². The second kappa shape index (κ2) is 4.97. The maximum Gasteiger partial charge on any atom is 0.225 e. The van der Waals surface area contributed by atoms with Crippen molar-refractivity contribution >= 4 is 17.5 Å². The zero-order valence-electron chi connectivity index (χ0n) is 9.43. The van der Waals surface area contributed by atoms with E-state index >= 15 is 0 Å². The average Bonchev–Trinajstić information content (AvgIpc) is 2.31. The molecule has 2 N–H and O–H groups in total. The highest BCUT2D eigenvalue weighted by molar-refractivity contribution is 6.30. The van der Waals surface area contributed by atoms with Crippen LogP contribution in [0.2, 0.25) is 5.02 Å². The Kier molecular flexibility index (Phi) is 3.61. The molecule has 1 fully saturated rings. The van der Waals surface area contributed by atoms with Crippen LogP contribution < -0.4 is 10.6 Å². The van der Waals surface area contributed by atoms with E-state index < -0.39 is 0 Å². The first kappa shape index (κ1) is 11.6. The van der Waals surface area contributed by atoms with Gasteiger partial charge < -0.3 is 10.6 Å². The van der Waals surface area contributed by atoms with Gasteiger partial charge >= 0.3 is 0 Å². The van der Waals surface area contributed by atoms with E-state index in [1.54, 1.807) is 12.4 Å². The Morgan fingerprint density at radius 2 is 2.19 bits per heavy atom. The summed E-state index contributed by atoms with van der Waals surface area (Å²) in [5.74, 6) is 1.29. The number of hydrogen-bond donors (Lipinski definition) is 1. The van der Waals surface area contributed by atoms with Gasteiger partial charge in [0, 0.05) is 19.1 Å². The Bertz CT molecular complexity index is 340. The fourth-order valence-electron chi connectivity index (χ4n) is 2.13. The molecule has 16 heavy (non-hydrogen) atoms. The highest BCUT2D eigenvalue weighted by atomic mass is 35.5. The molecule has 0 aromatic carbocycles. The summed E-state index contributed by atoms with van der Waals surface area (Å²) in [4.78, 5) is 10.7. The molecule has 0 aliphatic carbocycles. The molecule has 88 valence electrons. The number of nitrogens with two attached hydrogens (primary N) is 1. The van der Waals surface area contributed by atoms with Crippen molar-refractivity contribution in [2.24, 2.45) is 11.7 Å². The van der Waals surface area contributed by atoms with Crippen LogP contribution in [0.15, 0.2) is 12.4 Å². The summed E-state index contributed by atoms with van der Waals surface area (Å²) in [5.41, 5.74) is 6.07. The molecule has 0 spiro atoms. The van der Waals surface area contributed by atoms with Crippen LogP contribution in [-0.4, -0.2) is 29.1 Å². The van der Waals surface area contributed by atoms with Gasteiger partial charge in [0.15, 0.2) is 0 Å². The van der Waals surface area contributed by atoms with Crippen LogP contribution in [0.25, 0.3) is 0 Å². The number of rotatable bonds is 2. The Balaban J connectivity index is 2.08. The lowest BCUT2D eigenvalue weighted by Gasteiger charge is -2.36. The molecule has 1 aliphatic rings. The summed E-state index contributed by atoms with van der Waals surface area (Å²) in [6.07, 6.45) is 5.38. The number of piperidine rings is 1. The highest BCUT2D eigenvalue weighted by Gasteiger charge is 2.26. The van der Waals surface area contributed by atoms with Crippen molar-refractivity contribution in [3.63, 3.8) is 0 Å². The maximum atomic E-state index is 6.07. The Morgan fingerprint density at radius 3 is 2.81 bits per heavy atom. The molecule has 4 nitrogen and oxygen atoms in total. The van der Waals surface area contributed by atoms with Crippen molar-refractivity contribution in [2.45, 2.75) is 25.8 Å². The lowest BCUT2D eigenvalue weighted by atomic mass is 9.91. The van der Waals surface area contributed by atoms with Gasteiger partial charge in [-0.3, -0.25) is 0 Å². The van der Waals surface area contributed by atoms with Gasteiger partial charge in [0.05, 0.1) is 17.4 Å². The minimum absolute atomic E-state index is 0.313. The largest absolute Gasteiger partial charge is 0.340 e. The molecule has 0 saturated carbocycles. The minimum Gasteiger partial charge on any atom is -0.340 e. The first-order valence-electron chi connectivity index (χ1n) is 5.68. The smallest absolute Gasteiger partial charge is 0.225 e. The van der Waals surface area contributed by atoms with E-state index in [9.17, 15) is 0 Å². The molecule has 1 aromatic rings. The van der Waals surface area contributed by atoms with E-state index in [-0.39, 0.29) is 0 Å². The summed E-state index contributed by atoms with van der Waals surface area (Å²) in [6, 6.07) is 0.313. The normalized spacial score (nSPS) is 25.8. The number of halogens is 1. The van der Waals surface area contributed by atoms with E-state index in [0.717, 1.165) is 31.9 Å². The molecule has 0 bridgehead atoms. The first-order valence-corrected chi connectivity index (χ1v) is 6.06. The molecule has 0 radical (unpaired) electrons. The topological polar surface area (TPSA) is 55.0 Å². The molecule has 2 unspecified atom stereocenters. The van der Waals surface area contributed by atoms with Gasteiger partial charge in [-0.2, -0.15) is 0 Å². The van der Waals surface area contributed by atoms with E-state index in [2.05, 4.69) is 21.8 Å². The fourth-order valence-corrected chi connectivity index (χ4v) is 2.23. The van der Waals surface area contributed by atoms with Crippen molar-refractivity contribution in [2.75, 3.05) is 18.0 Å². The monoisotopic (exact) mass is 240 g/mol. The molecule has 2 rings (SSSR count). The zero-order chi connectivity index (χ0) is 11.5. The molecular formula is C11H17ClN4. The van der Waals surface area contributed by atoms with Crippen LogP contribution in [0, 0.1) is 5.92 Å². The van der Waals surface area contributed by atoms with E-state index in [1.165, 1.54) is 0 Å². The van der Waals surface area contributed by atoms with Gasteiger partial charge in [0.1, 0.15) is 0 Å². The number of nitrogens with zero attached hydrogens (tertiary/aromatic N) is 3. The summed E-state index contributed by atoms with van der Waals surface area (Å²) >= 11 is 5.77. The van der Waals surface area contributed by atoms with Gasteiger partial charge in [-0.15, -0.1) is 0 Å². The van der Waals surface area contributed by atoms with Crippen LogP contribution in [0.5, 0.6) is 0 Å². The fraction of sp³-hybridized carbons (Fsp3) is 0.636. The van der Waals surface area contributed by atoms with E-state index in [0.29, 0.717) is 17.0 Å². The van der Waals surface area contributed by atoms with Crippen LogP contribution in [-0.2, 0) is 0 Å². The Morgan fingerprint density at radius 1 is 1.50 bits per heavy atom. The van der Waals surface area contributed by atoms with Crippen molar-refractivity contribution in [1.29, 1.82) is 0 Å². The molecule has 5 heteroatoms. The molecule has 1 aromatic heterocycles. The first-order chi connectivity index (χ1) is 7.70. The lowest BCUT2D eigenvalue weighted by molar-refractivity contribution is 0.345. The minimum atomic E-state index is 0.313. The molecule has 1 saturated heterocycles. The van der Waals surface area contributed by atoms with Crippen LogP contribution in [0.4, 0.5) is 5.95 Å². The average molecular weight is 241 g/mol. The third-order valence-corrected chi connectivity index (χ3v) is 3.40. The number of anilines is 1. The van der Waals surface area contributed by atoms with Gasteiger partial charge in [0.25, 0.3) is 0 Å². The van der Waals surface area contributed by atoms with Gasteiger partial charge in [-0.05, 0) is 12.3 Å². The van der Waals surface area contributed by atoms with Crippen LogP contribution in [0.3, 0.4) is 0 Å². The standard InChI is InChI=1S/C11H17ClN4/c1-2-8-7-16(4-3-10(8)13)11-14-5-9(12)6-15-11/h5-6,8,10H,2-4,7,13H2,1H3. The van der Waals surface area contributed by atoms with E-state index in [1.807, 2.05) is 0 Å². The summed E-state index contributed by atoms with van der Waals surface area (Å²) in [5, 5.41) is 0.574. The van der Waals surface area contributed by atoms with Crippen molar-refractivity contribution in [3.8, 4) is 0 Å². The Hall–Kier alpha value is -0.870. The molecule has 2 atom stereocenters. The summed E-state index contributed by atoms with van der Waals surface area (Å²) in [6.45, 7) is 4.05. The highest BCUT2D eigenvalue weighted by Crippen LogP contribution is 2.21. The van der Waals surface area contributed by atoms with Gasteiger partial charge in [0.2, 0.25) is 5.95 Å². The maximum absolute atomic E-state index is 6.07. The van der Waals surface area contributed by atoms with Crippen LogP contribution in [0.1, 0.15) is 19.8 Å². The SMILES string of the molecule is CCC1CN(c2ncc(Cl)cn2)CCC1N. The summed E-state index contributed by atoms with van der Waals surface area (Å²) in [7, 11) is 0. The zero-order valence-corrected chi connectivity index (χ0v) is 10.2.